The highest BCUT2D eigenvalue weighted by Crippen LogP contribution is 2.25. The molecule has 0 heterocycles. The SMILES string of the molecule is CSc1ccc(NC2Cc3ccccc3C2)cc1. The Morgan fingerprint density at radius 1 is 0.944 bits per heavy atom. The van der Waals surface area contributed by atoms with Gasteiger partial charge in [-0.15, -0.1) is 11.8 Å². The third-order valence-electron chi connectivity index (χ3n) is 3.51. The molecule has 0 spiro atoms. The molecule has 18 heavy (non-hydrogen) atoms. The van der Waals surface area contributed by atoms with Crippen LogP contribution < -0.4 is 5.32 Å². The molecule has 0 atom stereocenters. The van der Waals surface area contributed by atoms with Gasteiger partial charge >= 0.3 is 0 Å². The van der Waals surface area contributed by atoms with Crippen molar-refractivity contribution in [3.05, 3.63) is 59.7 Å². The van der Waals surface area contributed by atoms with Gasteiger partial charge in [0.25, 0.3) is 0 Å². The monoisotopic (exact) mass is 255 g/mol. The number of anilines is 1. The molecule has 0 fully saturated rings. The molecule has 0 aliphatic heterocycles. The summed E-state index contributed by atoms with van der Waals surface area (Å²) < 4.78 is 0. The molecule has 0 radical (unpaired) electrons. The lowest BCUT2D eigenvalue weighted by Gasteiger charge is -2.13. The molecule has 0 unspecified atom stereocenters. The zero-order chi connectivity index (χ0) is 12.4. The summed E-state index contributed by atoms with van der Waals surface area (Å²) in [5.41, 5.74) is 4.22. The van der Waals surface area contributed by atoms with Crippen molar-refractivity contribution in [2.24, 2.45) is 0 Å². The van der Waals surface area contributed by atoms with Gasteiger partial charge in [-0.3, -0.25) is 0 Å². The topological polar surface area (TPSA) is 12.0 Å². The van der Waals surface area contributed by atoms with Crippen molar-refractivity contribution in [3.8, 4) is 0 Å². The van der Waals surface area contributed by atoms with Crippen LogP contribution in [0.1, 0.15) is 11.1 Å². The summed E-state index contributed by atoms with van der Waals surface area (Å²) >= 11 is 1.78. The van der Waals surface area contributed by atoms with E-state index in [1.807, 2.05) is 0 Å². The molecule has 3 rings (SSSR count). The van der Waals surface area contributed by atoms with E-state index in [4.69, 9.17) is 0 Å². The molecule has 2 aromatic carbocycles. The summed E-state index contributed by atoms with van der Waals surface area (Å²) in [6.07, 6.45) is 4.39. The second-order valence-corrected chi connectivity index (χ2v) is 5.63. The van der Waals surface area contributed by atoms with Crippen molar-refractivity contribution in [2.75, 3.05) is 11.6 Å². The standard InChI is InChI=1S/C16H17NS/c1-18-16-8-6-14(7-9-16)17-15-10-12-4-2-3-5-13(12)11-15/h2-9,15,17H,10-11H2,1H3. The first-order valence-electron chi connectivity index (χ1n) is 6.32. The van der Waals surface area contributed by atoms with Crippen molar-refractivity contribution in [1.82, 2.24) is 0 Å². The average molecular weight is 255 g/mol. The molecule has 0 aromatic heterocycles. The first-order valence-corrected chi connectivity index (χ1v) is 7.55. The molecule has 1 nitrogen and oxygen atoms in total. The molecule has 0 amide bonds. The van der Waals surface area contributed by atoms with Crippen molar-refractivity contribution in [2.45, 2.75) is 23.8 Å². The fourth-order valence-electron chi connectivity index (χ4n) is 2.58. The Morgan fingerprint density at radius 3 is 2.11 bits per heavy atom. The Labute approximate surface area is 113 Å². The number of thioether (sulfide) groups is 1. The van der Waals surface area contributed by atoms with Crippen molar-refractivity contribution in [3.63, 3.8) is 0 Å². The zero-order valence-electron chi connectivity index (χ0n) is 10.5. The molecule has 0 saturated heterocycles. The number of benzene rings is 2. The average Bonchev–Trinajstić information content (AvgIpc) is 2.82. The van der Waals surface area contributed by atoms with E-state index >= 15 is 0 Å². The first-order chi connectivity index (χ1) is 8.85. The van der Waals surface area contributed by atoms with Gasteiger partial charge in [0, 0.05) is 16.6 Å². The van der Waals surface area contributed by atoms with E-state index in [2.05, 4.69) is 60.1 Å². The summed E-state index contributed by atoms with van der Waals surface area (Å²) in [4.78, 5) is 1.32. The Morgan fingerprint density at radius 2 is 1.56 bits per heavy atom. The lowest BCUT2D eigenvalue weighted by Crippen LogP contribution is -2.19. The summed E-state index contributed by atoms with van der Waals surface area (Å²) in [7, 11) is 0. The lowest BCUT2D eigenvalue weighted by atomic mass is 10.1. The van der Waals surface area contributed by atoms with Crippen LogP contribution in [0.5, 0.6) is 0 Å². The van der Waals surface area contributed by atoms with Gasteiger partial charge < -0.3 is 5.32 Å². The Balaban J connectivity index is 1.68. The molecule has 0 saturated carbocycles. The molecule has 1 aliphatic carbocycles. The normalized spacial score (nSPS) is 14.5. The highest BCUT2D eigenvalue weighted by Gasteiger charge is 2.20. The van der Waals surface area contributed by atoms with Gasteiger partial charge in [0.1, 0.15) is 0 Å². The summed E-state index contributed by atoms with van der Waals surface area (Å²) in [5, 5.41) is 3.63. The minimum atomic E-state index is 0.544. The van der Waals surface area contributed by atoms with E-state index in [1.165, 1.54) is 21.7 Å². The fraction of sp³-hybridized carbons (Fsp3) is 0.250. The molecule has 92 valence electrons. The van der Waals surface area contributed by atoms with Crippen molar-refractivity contribution in [1.29, 1.82) is 0 Å². The van der Waals surface area contributed by atoms with Crippen molar-refractivity contribution < 1.29 is 0 Å². The maximum atomic E-state index is 3.63. The van der Waals surface area contributed by atoms with Crippen LogP contribution in [0, 0.1) is 0 Å². The molecule has 1 N–H and O–H groups in total. The predicted molar refractivity (Wildman–Crippen MR) is 79.5 cm³/mol. The van der Waals surface area contributed by atoms with E-state index in [0.717, 1.165) is 12.8 Å². The Kier molecular flexibility index (Phi) is 3.28. The summed E-state index contributed by atoms with van der Waals surface area (Å²) in [6.45, 7) is 0. The van der Waals surface area contributed by atoms with Crippen LogP contribution in [0.15, 0.2) is 53.4 Å². The van der Waals surface area contributed by atoms with Crippen LogP contribution in [0.4, 0.5) is 5.69 Å². The minimum absolute atomic E-state index is 0.544. The zero-order valence-corrected chi connectivity index (χ0v) is 11.3. The highest BCUT2D eigenvalue weighted by molar-refractivity contribution is 7.98. The molecule has 1 aliphatic rings. The van der Waals surface area contributed by atoms with Crippen LogP contribution in [0.3, 0.4) is 0 Å². The van der Waals surface area contributed by atoms with E-state index in [1.54, 1.807) is 11.8 Å². The second-order valence-electron chi connectivity index (χ2n) is 4.75. The van der Waals surface area contributed by atoms with Crippen LogP contribution in [0.2, 0.25) is 0 Å². The number of nitrogens with one attached hydrogen (secondary N) is 1. The number of fused-ring (bicyclic) bond motifs is 1. The lowest BCUT2D eigenvalue weighted by molar-refractivity contribution is 0.774. The summed E-state index contributed by atoms with van der Waals surface area (Å²) in [6, 6.07) is 18.0. The number of hydrogen-bond acceptors (Lipinski definition) is 2. The minimum Gasteiger partial charge on any atom is -0.382 e. The maximum Gasteiger partial charge on any atom is 0.0343 e. The van der Waals surface area contributed by atoms with Gasteiger partial charge in [0.15, 0.2) is 0 Å². The van der Waals surface area contributed by atoms with E-state index in [0.29, 0.717) is 6.04 Å². The van der Waals surface area contributed by atoms with Gasteiger partial charge in [0.2, 0.25) is 0 Å². The van der Waals surface area contributed by atoms with Gasteiger partial charge in [-0.05, 0) is 54.5 Å². The molecule has 2 aromatic rings. The number of rotatable bonds is 3. The van der Waals surface area contributed by atoms with Crippen LogP contribution >= 0.6 is 11.8 Å². The third-order valence-corrected chi connectivity index (χ3v) is 4.26. The number of hydrogen-bond donors (Lipinski definition) is 1. The highest BCUT2D eigenvalue weighted by atomic mass is 32.2. The van der Waals surface area contributed by atoms with Gasteiger partial charge in [0.05, 0.1) is 0 Å². The van der Waals surface area contributed by atoms with Gasteiger partial charge in [-0.2, -0.15) is 0 Å². The molecule has 2 heteroatoms. The van der Waals surface area contributed by atoms with Crippen LogP contribution in [0.25, 0.3) is 0 Å². The Hall–Kier alpha value is -1.41. The van der Waals surface area contributed by atoms with E-state index in [9.17, 15) is 0 Å². The maximum absolute atomic E-state index is 3.63. The van der Waals surface area contributed by atoms with Gasteiger partial charge in [-0.25, -0.2) is 0 Å². The first kappa shape index (κ1) is 11.7. The quantitative estimate of drug-likeness (QED) is 0.832. The molecular weight excluding hydrogens is 238 g/mol. The van der Waals surface area contributed by atoms with E-state index < -0.39 is 0 Å². The van der Waals surface area contributed by atoms with Crippen LogP contribution in [-0.4, -0.2) is 12.3 Å². The smallest absolute Gasteiger partial charge is 0.0343 e. The van der Waals surface area contributed by atoms with E-state index in [-0.39, 0.29) is 0 Å². The van der Waals surface area contributed by atoms with Gasteiger partial charge in [-0.1, -0.05) is 24.3 Å². The van der Waals surface area contributed by atoms with Crippen molar-refractivity contribution >= 4 is 17.4 Å². The third kappa shape index (κ3) is 2.39. The molecular formula is C16H17NS. The predicted octanol–water partition coefficient (Wildman–Crippen LogP) is 3.99. The largest absolute Gasteiger partial charge is 0.382 e. The van der Waals surface area contributed by atoms with Crippen LogP contribution in [-0.2, 0) is 12.8 Å². The fourth-order valence-corrected chi connectivity index (χ4v) is 2.99. The Bertz CT molecular complexity index is 508. The molecule has 0 bridgehead atoms. The summed E-state index contributed by atoms with van der Waals surface area (Å²) in [5.74, 6) is 0. The second kappa shape index (κ2) is 5.07.